The van der Waals surface area contributed by atoms with Crippen molar-refractivity contribution in [2.24, 2.45) is 0 Å². The lowest BCUT2D eigenvalue weighted by Crippen LogP contribution is -2.42. The van der Waals surface area contributed by atoms with Gasteiger partial charge in [0.25, 0.3) is 0 Å². The van der Waals surface area contributed by atoms with Gasteiger partial charge < -0.3 is 15.0 Å². The number of carbonyl (C=O) groups excluding carboxylic acids is 2. The number of hydrogen-bond donors (Lipinski definition) is 1. The topological polar surface area (TPSA) is 61.9 Å². The van der Waals surface area contributed by atoms with Crippen molar-refractivity contribution < 1.29 is 14.3 Å². The highest BCUT2D eigenvalue weighted by Gasteiger charge is 2.33. The van der Waals surface area contributed by atoms with Crippen molar-refractivity contribution in [1.82, 2.24) is 9.80 Å². The summed E-state index contributed by atoms with van der Waals surface area (Å²) >= 11 is 1.45. The van der Waals surface area contributed by atoms with Gasteiger partial charge in [-0.15, -0.1) is 11.3 Å². The first-order valence-electron chi connectivity index (χ1n) is 10.7. The van der Waals surface area contributed by atoms with E-state index in [9.17, 15) is 9.59 Å². The molecule has 6 nitrogen and oxygen atoms in total. The quantitative estimate of drug-likeness (QED) is 0.673. The number of anilines is 1. The molecule has 0 aromatic carbocycles. The second kappa shape index (κ2) is 8.93. The molecule has 3 fully saturated rings. The van der Waals surface area contributed by atoms with Crippen LogP contribution in [-0.4, -0.2) is 67.0 Å². The van der Waals surface area contributed by atoms with Crippen molar-refractivity contribution in [2.75, 3.05) is 44.6 Å². The predicted octanol–water partition coefficient (Wildman–Crippen LogP) is 3.30. The summed E-state index contributed by atoms with van der Waals surface area (Å²) in [6.45, 7) is 7.00. The lowest BCUT2D eigenvalue weighted by atomic mass is 10.1. The van der Waals surface area contributed by atoms with Crippen LogP contribution in [0.2, 0.25) is 0 Å². The van der Waals surface area contributed by atoms with Crippen molar-refractivity contribution in [3.8, 4) is 0 Å². The summed E-state index contributed by atoms with van der Waals surface area (Å²) in [5.41, 5.74) is 1.63. The van der Waals surface area contributed by atoms with Gasteiger partial charge in [0.2, 0.25) is 5.91 Å². The van der Waals surface area contributed by atoms with E-state index in [1.165, 1.54) is 43.7 Å². The molecule has 1 amide bonds. The molecule has 1 aliphatic carbocycles. The molecule has 28 heavy (non-hydrogen) atoms. The molecular formula is C21H31N3O3S. The summed E-state index contributed by atoms with van der Waals surface area (Å²) in [5.74, 6) is 0.113. The third-order valence-corrected chi connectivity index (χ3v) is 7.00. The van der Waals surface area contributed by atoms with Crippen molar-refractivity contribution in [3.63, 3.8) is 0 Å². The molecule has 1 aromatic heterocycles. The second-order valence-electron chi connectivity index (χ2n) is 8.21. The average molecular weight is 406 g/mol. The number of nitrogens with zero attached hydrogens (tertiary/aromatic N) is 2. The van der Waals surface area contributed by atoms with Crippen LogP contribution in [0.25, 0.3) is 0 Å². The van der Waals surface area contributed by atoms with Gasteiger partial charge in [-0.05, 0) is 81.9 Å². The Morgan fingerprint density at radius 3 is 2.68 bits per heavy atom. The Balaban J connectivity index is 1.38. The maximum absolute atomic E-state index is 12.8. The van der Waals surface area contributed by atoms with E-state index in [-0.39, 0.29) is 11.9 Å². The summed E-state index contributed by atoms with van der Waals surface area (Å²) in [7, 11) is 0. The Bertz CT molecular complexity index is 710. The van der Waals surface area contributed by atoms with E-state index < -0.39 is 0 Å². The first-order valence-corrected chi connectivity index (χ1v) is 11.6. The van der Waals surface area contributed by atoms with Gasteiger partial charge in [-0.3, -0.25) is 9.69 Å². The highest BCUT2D eigenvalue weighted by Crippen LogP contribution is 2.46. The van der Waals surface area contributed by atoms with E-state index in [1.807, 2.05) is 12.3 Å². The Hall–Kier alpha value is -1.44. The number of likely N-dealkylation sites (tertiary alicyclic amines) is 2. The molecule has 154 valence electrons. The lowest BCUT2D eigenvalue weighted by molar-refractivity contribution is -0.117. The van der Waals surface area contributed by atoms with E-state index in [0.29, 0.717) is 35.7 Å². The first-order chi connectivity index (χ1) is 13.7. The lowest BCUT2D eigenvalue weighted by Gasteiger charge is -2.27. The number of hydrogen-bond acceptors (Lipinski definition) is 6. The molecule has 2 aliphatic heterocycles. The van der Waals surface area contributed by atoms with E-state index in [4.69, 9.17) is 4.74 Å². The summed E-state index contributed by atoms with van der Waals surface area (Å²) in [6, 6.07) is 0.471. The van der Waals surface area contributed by atoms with Gasteiger partial charge in [-0.25, -0.2) is 4.79 Å². The molecule has 4 rings (SSSR count). The third-order valence-electron chi connectivity index (χ3n) is 6.08. The van der Waals surface area contributed by atoms with Gasteiger partial charge in [0.1, 0.15) is 5.00 Å². The molecule has 7 heteroatoms. The number of rotatable bonds is 8. The Labute approximate surface area is 171 Å². The number of carbonyl (C=O) groups is 2. The van der Waals surface area contributed by atoms with Crippen molar-refractivity contribution in [2.45, 2.75) is 57.4 Å². The van der Waals surface area contributed by atoms with Gasteiger partial charge in [0.15, 0.2) is 0 Å². The largest absolute Gasteiger partial charge is 0.462 e. The zero-order valence-electron chi connectivity index (χ0n) is 16.7. The van der Waals surface area contributed by atoms with Gasteiger partial charge in [-0.2, -0.15) is 0 Å². The van der Waals surface area contributed by atoms with Gasteiger partial charge in [-0.1, -0.05) is 0 Å². The fourth-order valence-electron chi connectivity index (χ4n) is 4.50. The van der Waals surface area contributed by atoms with Crippen LogP contribution in [0.5, 0.6) is 0 Å². The zero-order chi connectivity index (χ0) is 19.5. The van der Waals surface area contributed by atoms with Crippen LogP contribution < -0.4 is 5.32 Å². The van der Waals surface area contributed by atoms with Crippen LogP contribution in [0.1, 0.15) is 67.3 Å². The van der Waals surface area contributed by atoms with Gasteiger partial charge >= 0.3 is 5.97 Å². The van der Waals surface area contributed by atoms with Crippen LogP contribution in [0, 0.1) is 0 Å². The number of amides is 1. The summed E-state index contributed by atoms with van der Waals surface area (Å²) < 4.78 is 5.25. The van der Waals surface area contributed by atoms with E-state index >= 15 is 0 Å². The standard InChI is InChI=1S/C21H31N3O3S/c1-2-27-21(26)19-17(15-7-8-15)14-28-20(19)22-18(25)13-24-11-5-6-16(24)12-23-9-3-4-10-23/h14-16H,2-13H2,1H3,(H,22,25). The molecule has 0 bridgehead atoms. The van der Waals surface area contributed by atoms with E-state index in [1.54, 1.807) is 0 Å². The maximum atomic E-state index is 12.8. The number of esters is 1. The monoisotopic (exact) mass is 405 g/mol. The predicted molar refractivity (Wildman–Crippen MR) is 111 cm³/mol. The highest BCUT2D eigenvalue weighted by atomic mass is 32.1. The summed E-state index contributed by atoms with van der Waals surface area (Å²) in [4.78, 5) is 30.1. The fourth-order valence-corrected chi connectivity index (χ4v) is 5.54. The van der Waals surface area contributed by atoms with Crippen LogP contribution >= 0.6 is 11.3 Å². The van der Waals surface area contributed by atoms with Crippen molar-refractivity contribution in [1.29, 1.82) is 0 Å². The SMILES string of the molecule is CCOC(=O)c1c(C2CC2)csc1NC(=O)CN1CCCC1CN1CCCC1. The van der Waals surface area contributed by atoms with E-state index in [2.05, 4.69) is 15.1 Å². The average Bonchev–Trinajstić information content (AvgIpc) is 3.05. The molecule has 1 unspecified atom stereocenters. The molecule has 3 aliphatic rings. The van der Waals surface area contributed by atoms with Crippen molar-refractivity contribution in [3.05, 3.63) is 16.5 Å². The molecule has 1 saturated carbocycles. The van der Waals surface area contributed by atoms with Crippen LogP contribution in [0.4, 0.5) is 5.00 Å². The summed E-state index contributed by atoms with van der Waals surface area (Å²) in [6.07, 6.45) is 7.15. The minimum absolute atomic E-state index is 0.0249. The fraction of sp³-hybridized carbons (Fsp3) is 0.714. The van der Waals surface area contributed by atoms with Crippen LogP contribution in [0.15, 0.2) is 5.38 Å². The Morgan fingerprint density at radius 2 is 1.96 bits per heavy atom. The zero-order valence-corrected chi connectivity index (χ0v) is 17.6. The minimum Gasteiger partial charge on any atom is -0.462 e. The molecule has 1 N–H and O–H groups in total. The smallest absolute Gasteiger partial charge is 0.341 e. The highest BCUT2D eigenvalue weighted by molar-refractivity contribution is 7.15. The minimum atomic E-state index is -0.311. The molecule has 0 radical (unpaired) electrons. The molecular weight excluding hydrogens is 374 g/mol. The van der Waals surface area contributed by atoms with Crippen LogP contribution in [-0.2, 0) is 9.53 Å². The Morgan fingerprint density at radius 1 is 1.18 bits per heavy atom. The van der Waals surface area contributed by atoms with Crippen LogP contribution in [0.3, 0.4) is 0 Å². The molecule has 1 atom stereocenters. The number of ether oxygens (including phenoxy) is 1. The molecule has 2 saturated heterocycles. The first kappa shape index (κ1) is 19.9. The third kappa shape index (κ3) is 4.58. The van der Waals surface area contributed by atoms with Gasteiger partial charge in [0, 0.05) is 12.6 Å². The maximum Gasteiger partial charge on any atom is 0.341 e. The normalized spacial score (nSPS) is 23.2. The summed E-state index contributed by atoms with van der Waals surface area (Å²) in [5, 5.41) is 5.69. The van der Waals surface area contributed by atoms with Crippen molar-refractivity contribution >= 4 is 28.2 Å². The molecule has 1 aromatic rings. The molecule has 0 spiro atoms. The molecule has 3 heterocycles. The number of thiophene rings is 1. The Kier molecular flexibility index (Phi) is 6.33. The second-order valence-corrected chi connectivity index (χ2v) is 9.09. The van der Waals surface area contributed by atoms with E-state index in [0.717, 1.165) is 37.9 Å². The van der Waals surface area contributed by atoms with Gasteiger partial charge in [0.05, 0.1) is 18.7 Å². The number of nitrogens with one attached hydrogen (secondary N) is 1.